The molecule has 0 N–H and O–H groups in total. The Kier molecular flexibility index (Phi) is 30.8. The summed E-state index contributed by atoms with van der Waals surface area (Å²) in [6, 6.07) is 0. The van der Waals surface area contributed by atoms with Gasteiger partial charge >= 0.3 is 175 Å². The third-order valence-corrected chi connectivity index (χ3v) is 10.4. The van der Waals surface area contributed by atoms with Crippen molar-refractivity contribution in [2.24, 2.45) is 5.92 Å². The average Bonchev–Trinajstić information content (AvgIpc) is 2.85. The molecule has 0 aromatic heterocycles. The molecule has 0 aromatic rings. The van der Waals surface area contributed by atoms with Gasteiger partial charge in [-0.15, -0.1) is 0 Å². The van der Waals surface area contributed by atoms with Crippen molar-refractivity contribution in [2.75, 3.05) is 6.61 Å². The molecule has 35 heavy (non-hydrogen) atoms. The zero-order valence-corrected chi connectivity index (χ0v) is 26.5. The summed E-state index contributed by atoms with van der Waals surface area (Å²) in [5, 5.41) is 0.837. The van der Waals surface area contributed by atoms with Crippen molar-refractivity contribution in [2.45, 2.75) is 193 Å². The summed E-state index contributed by atoms with van der Waals surface area (Å²) in [6.07, 6.45) is 35.8. The molecule has 0 saturated carbocycles. The van der Waals surface area contributed by atoms with Crippen molar-refractivity contribution in [3.8, 4) is 0 Å². The van der Waals surface area contributed by atoms with Gasteiger partial charge in [0.25, 0.3) is 0 Å². The summed E-state index contributed by atoms with van der Waals surface area (Å²) in [5.41, 5.74) is 0. The van der Waals surface area contributed by atoms with Gasteiger partial charge in [-0.05, 0) is 0 Å². The van der Waals surface area contributed by atoms with E-state index in [0.29, 0.717) is 5.92 Å². The Morgan fingerprint density at radius 2 is 0.800 bits per heavy atom. The maximum atomic E-state index is 12.3. The van der Waals surface area contributed by atoms with E-state index in [1.165, 1.54) is 161 Å². The minimum Gasteiger partial charge on any atom is -0.0654 e. The van der Waals surface area contributed by atoms with Crippen LogP contribution in [-0.4, -0.2) is 21.5 Å². The second-order valence-corrected chi connectivity index (χ2v) is 14.1. The van der Waals surface area contributed by atoms with Gasteiger partial charge in [0.2, 0.25) is 0 Å². The van der Waals surface area contributed by atoms with Crippen molar-refractivity contribution in [1.29, 1.82) is 0 Å². The Bertz CT molecular complexity index is 412. The number of rotatable bonds is 30. The molecule has 0 aliphatic heterocycles. The first-order valence-electron chi connectivity index (χ1n) is 16.3. The van der Waals surface area contributed by atoms with Crippen LogP contribution >= 0.6 is 0 Å². The predicted molar refractivity (Wildman–Crippen MR) is 158 cm³/mol. The van der Waals surface area contributed by atoms with Crippen LogP contribution in [0.4, 0.5) is 0 Å². The summed E-state index contributed by atoms with van der Waals surface area (Å²) >= 11 is -2.26. The Hall–Kier alpha value is 0.318. The van der Waals surface area contributed by atoms with Crippen LogP contribution in [0.2, 0.25) is 5.21 Å². The monoisotopic (exact) mass is 557 g/mol. The first-order valence-corrected chi connectivity index (χ1v) is 19.1. The van der Waals surface area contributed by atoms with Crippen molar-refractivity contribution < 1.29 is 7.47 Å². The summed E-state index contributed by atoms with van der Waals surface area (Å²) in [5.74, 6) is 0.572. The van der Waals surface area contributed by atoms with Crippen molar-refractivity contribution >= 4 is 14.9 Å². The van der Waals surface area contributed by atoms with Gasteiger partial charge in [-0.2, -0.15) is 0 Å². The van der Waals surface area contributed by atoms with Gasteiger partial charge in [0.1, 0.15) is 0 Å². The first-order chi connectivity index (χ1) is 17.2. The number of hydrogen-bond donors (Lipinski definition) is 0. The number of hydrogen-bond acceptors (Lipinski definition) is 2. The molecule has 0 amide bonds. The minimum absolute atomic E-state index is 0.572. The van der Waals surface area contributed by atoms with Crippen LogP contribution < -0.4 is 0 Å². The van der Waals surface area contributed by atoms with Crippen molar-refractivity contribution in [3.05, 3.63) is 0 Å². The fourth-order valence-electron chi connectivity index (χ4n) is 5.02. The molecule has 0 heterocycles. The van der Waals surface area contributed by atoms with E-state index in [4.69, 9.17) is 3.73 Å². The van der Waals surface area contributed by atoms with Gasteiger partial charge in [-0.3, -0.25) is 0 Å². The van der Waals surface area contributed by atoms with Crippen LogP contribution in [0.15, 0.2) is 0 Å². The number of unbranched alkanes of at least 4 members (excludes halogenated alkanes) is 23. The zero-order valence-electron chi connectivity index (χ0n) is 24.6. The van der Waals surface area contributed by atoms with E-state index >= 15 is 0 Å². The summed E-state index contributed by atoms with van der Waals surface area (Å²) in [6.45, 7) is 7.57. The third kappa shape index (κ3) is 30.4. The molecule has 0 fully saturated rings. The standard InChI is InChI=1S/C32H66AsO2/c1-4-6-8-10-12-14-16-17-18-20-22-24-26-28-30-35-33(34)31-32(3)29-27-25-23-21-19-15-13-11-9-7-5-2/h32H,4-31H2,1-3H3. The maximum absolute atomic E-state index is 12.3. The van der Waals surface area contributed by atoms with Crippen LogP contribution in [0.25, 0.3) is 0 Å². The van der Waals surface area contributed by atoms with E-state index < -0.39 is 14.9 Å². The average molecular weight is 558 g/mol. The van der Waals surface area contributed by atoms with Gasteiger partial charge in [0, 0.05) is 0 Å². The van der Waals surface area contributed by atoms with Crippen LogP contribution in [0.3, 0.4) is 0 Å². The molecule has 2 nitrogen and oxygen atoms in total. The quantitative estimate of drug-likeness (QED) is 0.0648. The van der Waals surface area contributed by atoms with Crippen LogP contribution in [0, 0.1) is 5.92 Å². The van der Waals surface area contributed by atoms with E-state index in [1.54, 1.807) is 0 Å². The molecule has 3 heteroatoms. The molecule has 0 rings (SSSR count). The molecule has 2 unspecified atom stereocenters. The zero-order chi connectivity index (χ0) is 25.7. The first kappa shape index (κ1) is 35.3. The molecule has 0 saturated heterocycles. The van der Waals surface area contributed by atoms with E-state index in [-0.39, 0.29) is 0 Å². The molecular weight excluding hydrogens is 491 g/mol. The summed E-state index contributed by atoms with van der Waals surface area (Å²) < 4.78 is 18.0. The van der Waals surface area contributed by atoms with Gasteiger partial charge < -0.3 is 0 Å². The normalized spacial score (nSPS) is 12.8. The smallest absolute Gasteiger partial charge is 0.0654 e. The van der Waals surface area contributed by atoms with E-state index in [2.05, 4.69) is 20.8 Å². The Balaban J connectivity index is 3.27. The minimum atomic E-state index is -2.26. The molecule has 0 aliphatic carbocycles. The predicted octanol–water partition coefficient (Wildman–Crippen LogP) is 11.7. The fraction of sp³-hybridized carbons (Fsp3) is 1.00. The van der Waals surface area contributed by atoms with Gasteiger partial charge in [-0.25, -0.2) is 0 Å². The van der Waals surface area contributed by atoms with Crippen LogP contribution in [0.5, 0.6) is 0 Å². The molecule has 2 atom stereocenters. The van der Waals surface area contributed by atoms with Gasteiger partial charge in [-0.1, -0.05) is 52.4 Å². The van der Waals surface area contributed by atoms with Crippen molar-refractivity contribution in [3.63, 3.8) is 0 Å². The Morgan fingerprint density at radius 3 is 1.17 bits per heavy atom. The molecule has 211 valence electrons. The van der Waals surface area contributed by atoms with E-state index in [1.807, 2.05) is 0 Å². The second-order valence-electron chi connectivity index (χ2n) is 11.4. The van der Waals surface area contributed by atoms with Gasteiger partial charge in [0.05, 0.1) is 0 Å². The van der Waals surface area contributed by atoms with E-state index in [0.717, 1.165) is 18.2 Å². The SMILES string of the molecule is CCCCCCCCCCCCCCCCO[As](=O)CC(C)CCCCCCCCCCCCC. The molecule has 1 radical (unpaired) electrons. The Labute approximate surface area is 227 Å². The third-order valence-electron chi connectivity index (χ3n) is 7.49. The fourth-order valence-corrected chi connectivity index (χ4v) is 7.39. The van der Waals surface area contributed by atoms with Crippen LogP contribution in [-0.2, 0) is 7.47 Å². The second kappa shape index (κ2) is 30.5. The van der Waals surface area contributed by atoms with Crippen molar-refractivity contribution in [1.82, 2.24) is 0 Å². The van der Waals surface area contributed by atoms with Crippen LogP contribution in [0.1, 0.15) is 188 Å². The summed E-state index contributed by atoms with van der Waals surface area (Å²) in [4.78, 5) is 0. The van der Waals surface area contributed by atoms with E-state index in [9.17, 15) is 3.74 Å². The molecule has 0 aromatic carbocycles. The Morgan fingerprint density at radius 1 is 0.486 bits per heavy atom. The topological polar surface area (TPSA) is 26.3 Å². The summed E-state index contributed by atoms with van der Waals surface area (Å²) in [7, 11) is 0. The molecular formula is C32H66AsO2. The van der Waals surface area contributed by atoms with Gasteiger partial charge in [0.15, 0.2) is 0 Å². The molecule has 0 aliphatic rings. The molecule has 0 bridgehead atoms. The molecule has 0 spiro atoms.